The molecule has 0 radical (unpaired) electrons. The quantitative estimate of drug-likeness (QED) is 0.397. The summed E-state index contributed by atoms with van der Waals surface area (Å²) in [6, 6.07) is 25.4. The van der Waals surface area contributed by atoms with Gasteiger partial charge < -0.3 is 4.81 Å². The van der Waals surface area contributed by atoms with Gasteiger partial charge in [0, 0.05) is 27.9 Å². The predicted molar refractivity (Wildman–Crippen MR) is 121 cm³/mol. The van der Waals surface area contributed by atoms with Crippen molar-refractivity contribution in [3.8, 4) is 11.7 Å². The fourth-order valence-corrected chi connectivity index (χ4v) is 3.70. The Bertz CT molecular complexity index is 1100. The van der Waals surface area contributed by atoms with Crippen molar-refractivity contribution in [3.63, 3.8) is 0 Å². The number of hydrogen-bond acceptors (Lipinski definition) is 1. The molecule has 0 fully saturated rings. The lowest BCUT2D eigenvalue weighted by Crippen LogP contribution is -2.53. The van der Waals surface area contributed by atoms with Crippen LogP contribution in [0.25, 0.3) is 6.08 Å². The molecule has 29 heavy (non-hydrogen) atoms. The number of rotatable bonds is 1. The highest BCUT2D eigenvalue weighted by Crippen LogP contribution is 2.37. The molecule has 0 spiro atoms. The van der Waals surface area contributed by atoms with Gasteiger partial charge >= 0.3 is 6.85 Å². The van der Waals surface area contributed by atoms with Gasteiger partial charge in [-0.2, -0.15) is 0 Å². The first-order chi connectivity index (χ1) is 13.9. The van der Waals surface area contributed by atoms with Crippen LogP contribution in [-0.2, 0) is 0 Å². The summed E-state index contributed by atoms with van der Waals surface area (Å²) in [6.45, 7) is 6.19. The number of nitrogens with zero attached hydrogens (tertiary/aromatic N) is 1. The van der Waals surface area contributed by atoms with Gasteiger partial charge in [0.05, 0.1) is 0 Å². The summed E-state index contributed by atoms with van der Waals surface area (Å²) in [6.07, 6.45) is 1.98. The van der Waals surface area contributed by atoms with E-state index in [0.29, 0.717) is 5.56 Å². The van der Waals surface area contributed by atoms with Gasteiger partial charge in [0.25, 0.3) is 0 Å². The summed E-state index contributed by atoms with van der Waals surface area (Å²) in [5.41, 5.74) is 4.40. The van der Waals surface area contributed by atoms with Gasteiger partial charge in [-0.05, 0) is 41.9 Å². The molecule has 3 aromatic carbocycles. The van der Waals surface area contributed by atoms with Crippen molar-refractivity contribution in [1.29, 1.82) is 0 Å². The first-order valence-corrected chi connectivity index (χ1v) is 9.86. The second-order valence-corrected chi connectivity index (χ2v) is 8.27. The molecular weight excluding hydrogens is 356 g/mol. The van der Waals surface area contributed by atoms with Crippen LogP contribution < -0.4 is 10.3 Å². The van der Waals surface area contributed by atoms with Gasteiger partial charge in [-0.3, -0.25) is 0 Å². The van der Waals surface area contributed by atoms with Crippen LogP contribution in [0.5, 0.6) is 0 Å². The van der Waals surface area contributed by atoms with Crippen LogP contribution in [0.1, 0.15) is 31.9 Å². The summed E-state index contributed by atoms with van der Waals surface area (Å²) >= 11 is 0. The van der Waals surface area contributed by atoms with E-state index in [1.807, 2.05) is 60.7 Å². The number of anilines is 1. The van der Waals surface area contributed by atoms with Gasteiger partial charge in [-0.25, -0.2) is 4.39 Å². The van der Waals surface area contributed by atoms with Crippen LogP contribution in [0.2, 0.25) is 0 Å². The van der Waals surface area contributed by atoms with Crippen LogP contribution in [-0.4, -0.2) is 6.85 Å². The molecule has 4 rings (SSSR count). The minimum absolute atomic E-state index is 0.178. The molecule has 1 aliphatic heterocycles. The molecule has 1 heterocycles. The Morgan fingerprint density at radius 1 is 0.828 bits per heavy atom. The van der Waals surface area contributed by atoms with Gasteiger partial charge in [0.2, 0.25) is 0 Å². The van der Waals surface area contributed by atoms with E-state index in [1.54, 1.807) is 6.07 Å². The van der Waals surface area contributed by atoms with Gasteiger partial charge in [-0.1, -0.05) is 75.2 Å². The highest BCUT2D eigenvalue weighted by atomic mass is 19.1. The van der Waals surface area contributed by atoms with Gasteiger partial charge in [0.15, 0.2) is 0 Å². The molecule has 3 heteroatoms. The Morgan fingerprint density at radius 2 is 1.48 bits per heavy atom. The lowest BCUT2D eigenvalue weighted by atomic mass is 9.50. The Kier molecular flexibility index (Phi) is 5.03. The van der Waals surface area contributed by atoms with E-state index in [9.17, 15) is 4.39 Å². The van der Waals surface area contributed by atoms with Crippen molar-refractivity contribution in [2.24, 2.45) is 5.41 Å². The van der Waals surface area contributed by atoms with E-state index in [4.69, 9.17) is 0 Å². The highest BCUT2D eigenvalue weighted by Gasteiger charge is 2.38. The molecule has 0 bridgehead atoms. The van der Waals surface area contributed by atoms with Gasteiger partial charge in [-0.15, -0.1) is 5.82 Å². The van der Waals surface area contributed by atoms with E-state index in [0.717, 1.165) is 22.4 Å². The average molecular weight is 379 g/mol. The second-order valence-electron chi connectivity index (χ2n) is 8.27. The molecule has 0 atom stereocenters. The summed E-state index contributed by atoms with van der Waals surface area (Å²) in [5, 5.41) is 0. The van der Waals surface area contributed by atoms with Crippen LogP contribution >= 0.6 is 0 Å². The minimum Gasteiger partial charge on any atom is -0.373 e. The van der Waals surface area contributed by atoms with Crippen molar-refractivity contribution >= 4 is 24.1 Å². The van der Waals surface area contributed by atoms with E-state index in [1.165, 1.54) is 6.07 Å². The lowest BCUT2D eigenvalue weighted by molar-refractivity contribution is 0.501. The minimum atomic E-state index is -0.275. The molecule has 1 aliphatic rings. The van der Waals surface area contributed by atoms with Crippen LogP contribution in [0.4, 0.5) is 10.1 Å². The maximum atomic E-state index is 14.8. The summed E-state index contributed by atoms with van der Waals surface area (Å²) in [7, 11) is 0. The largest absolute Gasteiger partial charge is 0.381 e. The van der Waals surface area contributed by atoms with E-state index < -0.39 is 0 Å². The molecule has 0 aliphatic carbocycles. The van der Waals surface area contributed by atoms with Gasteiger partial charge in [0.1, 0.15) is 5.82 Å². The Morgan fingerprint density at radius 3 is 2.14 bits per heavy atom. The Balaban J connectivity index is 1.95. The van der Waals surface area contributed by atoms with Crippen LogP contribution in [0.3, 0.4) is 0 Å². The fraction of sp³-hybridized carbons (Fsp3) is 0.154. The number of allylic oxidation sites excluding steroid dienone is 1. The molecule has 0 saturated heterocycles. The third-order valence-corrected chi connectivity index (χ3v) is 5.11. The molecule has 3 aromatic rings. The van der Waals surface area contributed by atoms with E-state index >= 15 is 0 Å². The summed E-state index contributed by atoms with van der Waals surface area (Å²) in [4.78, 5) is 2.25. The highest BCUT2D eigenvalue weighted by molar-refractivity contribution is 6.85. The SMILES string of the molecule is CC(C)(C)C1=Cc2c(F)cccc2B(C#Cc2ccccc2)N1c1ccccc1. The topological polar surface area (TPSA) is 3.24 Å². The normalized spacial score (nSPS) is 13.3. The van der Waals surface area contributed by atoms with E-state index in [-0.39, 0.29) is 18.1 Å². The number of halogens is 1. The third-order valence-electron chi connectivity index (χ3n) is 5.11. The number of fused-ring (bicyclic) bond motifs is 1. The number of para-hydroxylation sites is 1. The van der Waals surface area contributed by atoms with Crippen molar-refractivity contribution in [3.05, 3.63) is 102 Å². The zero-order chi connectivity index (χ0) is 20.4. The van der Waals surface area contributed by atoms with E-state index in [2.05, 4.69) is 49.5 Å². The fourth-order valence-electron chi connectivity index (χ4n) is 3.70. The number of hydrogen-bond donors (Lipinski definition) is 0. The smallest absolute Gasteiger partial charge is 0.373 e. The molecule has 0 amide bonds. The van der Waals surface area contributed by atoms with Crippen molar-refractivity contribution < 1.29 is 4.39 Å². The second kappa shape index (κ2) is 7.64. The molecule has 0 unspecified atom stereocenters. The first kappa shape index (κ1) is 19.1. The maximum absolute atomic E-state index is 14.8. The Labute approximate surface area is 173 Å². The molecular formula is C26H23BFN. The molecule has 142 valence electrons. The molecule has 0 aromatic heterocycles. The molecule has 0 N–H and O–H groups in total. The molecule has 1 nitrogen and oxygen atoms in total. The van der Waals surface area contributed by atoms with Crippen molar-refractivity contribution in [2.45, 2.75) is 20.8 Å². The predicted octanol–water partition coefficient (Wildman–Crippen LogP) is 5.52. The van der Waals surface area contributed by atoms with Crippen LogP contribution in [0.15, 0.2) is 84.6 Å². The average Bonchev–Trinajstić information content (AvgIpc) is 2.72. The van der Waals surface area contributed by atoms with Crippen LogP contribution in [0, 0.1) is 23.0 Å². The maximum Gasteiger partial charge on any atom is 0.381 e. The third kappa shape index (κ3) is 3.84. The zero-order valence-corrected chi connectivity index (χ0v) is 17.0. The number of benzene rings is 3. The lowest BCUT2D eigenvalue weighted by Gasteiger charge is -2.41. The Hall–Kier alpha value is -3.25. The standard InChI is InChI=1S/C26H23BFN/c1-26(2,3)25-19-22-23(15-10-16-24(22)28)27(18-17-20-11-6-4-7-12-20)29(25)21-13-8-5-9-14-21/h4-16,19H,1-3H3. The first-order valence-electron chi connectivity index (χ1n) is 9.86. The monoisotopic (exact) mass is 379 g/mol. The van der Waals surface area contributed by atoms with Crippen molar-refractivity contribution in [1.82, 2.24) is 0 Å². The van der Waals surface area contributed by atoms with Crippen molar-refractivity contribution in [2.75, 3.05) is 4.81 Å². The molecule has 0 saturated carbocycles. The summed E-state index contributed by atoms with van der Waals surface area (Å²) < 4.78 is 14.8. The zero-order valence-electron chi connectivity index (χ0n) is 17.0. The summed E-state index contributed by atoms with van der Waals surface area (Å²) in [5.74, 6) is 6.54.